The molecule has 10 heteroatoms. The first kappa shape index (κ1) is 67.0. The number of halogens is 2. The number of rotatable bonds is 39. The predicted molar refractivity (Wildman–Crippen MR) is 327 cm³/mol. The van der Waals surface area contributed by atoms with E-state index in [4.69, 9.17) is 37.2 Å². The van der Waals surface area contributed by atoms with E-state index in [2.05, 4.69) is 122 Å². The molecule has 1 heterocycles. The van der Waals surface area contributed by atoms with Gasteiger partial charge >= 0.3 is 7.67 Å². The second-order valence-corrected chi connectivity index (χ2v) is 24.0. The van der Waals surface area contributed by atoms with Crippen LogP contribution in [0.2, 0.25) is 0 Å². The second kappa shape index (κ2) is 40.1. The van der Waals surface area contributed by atoms with E-state index in [1.54, 1.807) is 14.2 Å². The molecule has 1 fully saturated rings. The summed E-state index contributed by atoms with van der Waals surface area (Å²) in [6.45, 7) is 29.7. The number of ether oxygens (including phenoxy) is 2. The molecule has 0 N–H and O–H groups in total. The smallest absolute Gasteiger partial charge is 0.346 e. The molecule has 74 heavy (non-hydrogen) atoms. The molecule has 1 aromatic carbocycles. The third-order valence-electron chi connectivity index (χ3n) is 13.9. The number of alkyl halides is 2. The lowest BCUT2D eigenvalue weighted by molar-refractivity contribution is 0.153. The number of piperazine rings is 1. The Morgan fingerprint density at radius 2 is 0.959 bits per heavy atom. The summed E-state index contributed by atoms with van der Waals surface area (Å²) in [5, 5.41) is 0. The molecule has 0 amide bonds. The Morgan fingerprint density at radius 3 is 1.34 bits per heavy atom. The Balaban J connectivity index is 1.65. The van der Waals surface area contributed by atoms with Gasteiger partial charge in [0.25, 0.3) is 0 Å². The molecule has 1 aromatic rings. The lowest BCUT2D eigenvalue weighted by Gasteiger charge is -2.42. The summed E-state index contributed by atoms with van der Waals surface area (Å²) in [6.07, 6.45) is 42.2. The standard InChI is InChI=1S/C64H102Cl2N3O4P/c1-53(2)22-13-23-54(3)24-14-25-55(4)26-15-27-56(5)28-16-29-57(6)30-17-31-58(7)32-18-33-59(8)34-19-35-60(9)36-20-37-61(10)41-44-67-47-49-69(50-48-67)74(70,68(45-42-65)46-43-66)73-51-21-38-62-39-40-63(71-11)64(52-62)72-12/h21-22,24,26,28,30,32,34,36,38-40,52H,10,13-20,23,25,27,29,31,33,35,37,41-51H2,1-9,11-12H3/b38-21+,54-24-,55-26-,56-28-,57-30+,58-32+,59-34+,60-36+. The molecule has 1 aliphatic rings. The van der Waals surface area contributed by atoms with Crippen LogP contribution in [0.25, 0.3) is 6.08 Å². The van der Waals surface area contributed by atoms with Gasteiger partial charge in [0, 0.05) is 57.6 Å². The first-order valence-corrected chi connectivity index (χ1v) is 30.5. The van der Waals surface area contributed by atoms with E-state index in [9.17, 15) is 4.57 Å². The molecule has 0 spiro atoms. The largest absolute Gasteiger partial charge is 0.493 e. The van der Waals surface area contributed by atoms with Crippen LogP contribution in [0.1, 0.15) is 177 Å². The van der Waals surface area contributed by atoms with Gasteiger partial charge in [0.15, 0.2) is 11.5 Å². The van der Waals surface area contributed by atoms with Crippen LogP contribution in [-0.2, 0) is 9.09 Å². The van der Waals surface area contributed by atoms with E-state index >= 15 is 0 Å². The van der Waals surface area contributed by atoms with Gasteiger partial charge in [-0.2, -0.15) is 0 Å². The predicted octanol–water partition coefficient (Wildman–Crippen LogP) is 19.0. The minimum absolute atomic E-state index is 0.183. The van der Waals surface area contributed by atoms with Crippen LogP contribution in [0.3, 0.4) is 0 Å². The summed E-state index contributed by atoms with van der Waals surface area (Å²) in [6, 6.07) is 5.70. The van der Waals surface area contributed by atoms with Crippen LogP contribution in [0, 0.1) is 0 Å². The molecule has 1 saturated heterocycles. The van der Waals surface area contributed by atoms with Crippen molar-refractivity contribution >= 4 is 36.9 Å². The molecule has 2 rings (SSSR count). The number of hydrogen-bond donors (Lipinski definition) is 0. The van der Waals surface area contributed by atoms with Gasteiger partial charge in [0.1, 0.15) is 0 Å². The van der Waals surface area contributed by atoms with Crippen molar-refractivity contribution in [3.63, 3.8) is 0 Å². The van der Waals surface area contributed by atoms with Gasteiger partial charge in [-0.15, -0.1) is 23.2 Å². The zero-order chi connectivity index (χ0) is 54.6. The van der Waals surface area contributed by atoms with Crippen molar-refractivity contribution < 1.29 is 18.6 Å². The van der Waals surface area contributed by atoms with Crippen LogP contribution in [0.5, 0.6) is 11.5 Å². The number of methoxy groups -OCH3 is 2. The van der Waals surface area contributed by atoms with E-state index in [-0.39, 0.29) is 6.61 Å². The Labute approximate surface area is 463 Å². The lowest BCUT2D eigenvalue weighted by Crippen LogP contribution is -2.48. The fraction of sp³-hybridized carbons (Fsp3) is 0.594. The summed E-state index contributed by atoms with van der Waals surface area (Å²) in [5.41, 5.74) is 14.1. The molecule has 1 atom stereocenters. The summed E-state index contributed by atoms with van der Waals surface area (Å²) < 4.78 is 35.6. The summed E-state index contributed by atoms with van der Waals surface area (Å²) in [5.74, 6) is 1.99. The minimum Gasteiger partial charge on any atom is -0.493 e. The number of benzene rings is 1. The summed E-state index contributed by atoms with van der Waals surface area (Å²) >= 11 is 12.4. The van der Waals surface area contributed by atoms with Crippen LogP contribution in [0.15, 0.2) is 130 Å². The molecule has 0 aromatic heterocycles. The van der Waals surface area contributed by atoms with E-state index < -0.39 is 7.67 Å². The average molecular weight is 1080 g/mol. The number of hydrogen-bond acceptors (Lipinski definition) is 5. The molecule has 1 aliphatic heterocycles. The number of allylic oxidation sites excluding steroid dienone is 16. The summed E-state index contributed by atoms with van der Waals surface area (Å²) in [4.78, 5) is 2.45. The van der Waals surface area contributed by atoms with E-state index in [0.29, 0.717) is 49.4 Å². The molecule has 7 nitrogen and oxygen atoms in total. The highest BCUT2D eigenvalue weighted by atomic mass is 35.5. The monoisotopic (exact) mass is 1080 g/mol. The van der Waals surface area contributed by atoms with Gasteiger partial charge in [0.05, 0.1) is 20.8 Å². The third kappa shape index (κ3) is 30.0. The van der Waals surface area contributed by atoms with Crippen molar-refractivity contribution in [3.8, 4) is 11.5 Å². The van der Waals surface area contributed by atoms with Gasteiger partial charge in [-0.05, 0) is 189 Å². The van der Waals surface area contributed by atoms with Crippen LogP contribution >= 0.6 is 30.9 Å². The molecule has 1 unspecified atom stereocenters. The lowest BCUT2D eigenvalue weighted by atomic mass is 10.0. The van der Waals surface area contributed by atoms with Crippen molar-refractivity contribution in [2.24, 2.45) is 0 Å². The van der Waals surface area contributed by atoms with Gasteiger partial charge in [0.2, 0.25) is 0 Å². The Hall–Kier alpha value is -3.13. The van der Waals surface area contributed by atoms with Gasteiger partial charge in [-0.3, -0.25) is 4.57 Å². The minimum atomic E-state index is -3.38. The third-order valence-corrected chi connectivity index (χ3v) is 16.9. The maximum atomic E-state index is 14.7. The van der Waals surface area contributed by atoms with Crippen molar-refractivity contribution in [3.05, 3.63) is 135 Å². The average Bonchev–Trinajstić information content (AvgIpc) is 3.36. The van der Waals surface area contributed by atoms with Gasteiger partial charge < -0.3 is 18.9 Å². The van der Waals surface area contributed by atoms with Crippen molar-refractivity contribution in [2.45, 2.75) is 171 Å². The van der Waals surface area contributed by atoms with Crippen LogP contribution in [-0.4, -0.2) is 92.6 Å². The zero-order valence-corrected chi connectivity index (χ0v) is 50.9. The van der Waals surface area contributed by atoms with Crippen molar-refractivity contribution in [2.75, 3.05) is 78.4 Å². The Bertz CT molecular complexity index is 2110. The molecule has 0 saturated carbocycles. The van der Waals surface area contributed by atoms with Crippen molar-refractivity contribution in [1.82, 2.24) is 14.2 Å². The zero-order valence-electron chi connectivity index (χ0n) is 48.5. The SMILES string of the molecule is C=C(CC/C=C(\C)CC/C=C(\C)CC/C=C(\C)CC/C=C(\C)CC/C=C(/C)CC/C=C(/C)CC/C=C(/C)CCC=C(C)C)CCN1CCN(P(=O)(OC/C=C/c2ccc(OC)c(OC)c2)N(CCCl)CCCl)CC1. The topological polar surface area (TPSA) is 54.5 Å². The van der Waals surface area contributed by atoms with E-state index in [1.807, 2.05) is 39.7 Å². The highest BCUT2D eigenvalue weighted by Gasteiger charge is 2.39. The molecular formula is C64H102Cl2N3O4P. The molecule has 0 aliphatic carbocycles. The van der Waals surface area contributed by atoms with Crippen LogP contribution < -0.4 is 9.47 Å². The summed E-state index contributed by atoms with van der Waals surface area (Å²) in [7, 11) is -0.148. The Morgan fingerprint density at radius 1 is 0.568 bits per heavy atom. The number of nitrogens with zero attached hydrogens (tertiary/aromatic N) is 3. The first-order chi connectivity index (χ1) is 35.5. The van der Waals surface area contributed by atoms with Crippen molar-refractivity contribution in [1.29, 1.82) is 0 Å². The fourth-order valence-electron chi connectivity index (χ4n) is 8.94. The highest BCUT2D eigenvalue weighted by Crippen LogP contribution is 2.54. The quantitative estimate of drug-likeness (QED) is 0.0370. The highest BCUT2D eigenvalue weighted by molar-refractivity contribution is 7.54. The van der Waals surface area contributed by atoms with Gasteiger partial charge in [-0.25, -0.2) is 9.34 Å². The molecule has 0 radical (unpaired) electrons. The molecular weight excluding hydrogens is 977 g/mol. The van der Waals surface area contributed by atoms with E-state index in [0.717, 1.165) is 122 Å². The van der Waals surface area contributed by atoms with E-state index in [1.165, 1.54) is 63.0 Å². The fourth-order valence-corrected chi connectivity index (χ4v) is 11.9. The molecule has 0 bridgehead atoms. The maximum Gasteiger partial charge on any atom is 0.346 e. The molecule has 416 valence electrons. The maximum absolute atomic E-state index is 14.7. The second-order valence-electron chi connectivity index (χ2n) is 20.9. The van der Waals surface area contributed by atoms with Crippen LogP contribution in [0.4, 0.5) is 0 Å². The normalized spacial score (nSPS) is 16.1. The van der Waals surface area contributed by atoms with Gasteiger partial charge in [-0.1, -0.05) is 124 Å². The first-order valence-electron chi connectivity index (χ1n) is 27.9. The Kier molecular flexibility index (Phi) is 36.3.